The summed E-state index contributed by atoms with van der Waals surface area (Å²) in [5.41, 5.74) is 4.88. The van der Waals surface area contributed by atoms with Gasteiger partial charge in [-0.25, -0.2) is 4.40 Å². The topological polar surface area (TPSA) is 47.2 Å². The van der Waals surface area contributed by atoms with E-state index in [9.17, 15) is 0 Å². The summed E-state index contributed by atoms with van der Waals surface area (Å²) in [5, 5.41) is 0. The number of hydrogen-bond acceptors (Lipinski definition) is 3. The van der Waals surface area contributed by atoms with E-state index >= 15 is 0 Å². The van der Waals surface area contributed by atoms with Gasteiger partial charge in [-0.1, -0.05) is 6.07 Å². The van der Waals surface area contributed by atoms with Gasteiger partial charge in [0.25, 0.3) is 11.5 Å². The van der Waals surface area contributed by atoms with Crippen LogP contribution in [0.5, 0.6) is 0 Å². The van der Waals surface area contributed by atoms with Crippen LogP contribution in [0.15, 0.2) is 47.3 Å². The number of fused-ring (bicyclic) bond motifs is 7. The van der Waals surface area contributed by atoms with Gasteiger partial charge in [0.2, 0.25) is 0 Å². The Morgan fingerprint density at radius 3 is 3.26 bits per heavy atom. The van der Waals surface area contributed by atoms with Crippen molar-refractivity contribution >= 4 is 17.0 Å². The Bertz CT molecular complexity index is 951. The lowest BCUT2D eigenvalue weighted by atomic mass is 10.2. The van der Waals surface area contributed by atoms with Gasteiger partial charge in [-0.2, -0.15) is 4.57 Å². The highest BCUT2D eigenvalue weighted by atomic mass is 16.4. The Kier molecular flexibility index (Phi) is 1.46. The molecule has 5 heteroatoms. The summed E-state index contributed by atoms with van der Waals surface area (Å²) in [6.07, 6.45) is 5.65. The van der Waals surface area contributed by atoms with E-state index < -0.39 is 0 Å². The van der Waals surface area contributed by atoms with Crippen molar-refractivity contribution in [2.75, 3.05) is 0 Å². The first kappa shape index (κ1) is 9.27. The van der Waals surface area contributed by atoms with Gasteiger partial charge < -0.3 is 4.42 Å². The van der Waals surface area contributed by atoms with E-state index in [-0.39, 0.29) is 0 Å². The molecular weight excluding hydrogens is 240 g/mol. The van der Waals surface area contributed by atoms with Crippen molar-refractivity contribution < 1.29 is 8.98 Å². The predicted molar refractivity (Wildman–Crippen MR) is 67.5 cm³/mol. The van der Waals surface area contributed by atoms with Crippen molar-refractivity contribution in [2.24, 2.45) is 0 Å². The maximum Gasteiger partial charge on any atom is 0.390 e. The third-order valence-corrected chi connectivity index (χ3v) is 3.63. The van der Waals surface area contributed by atoms with E-state index in [0.29, 0.717) is 0 Å². The Labute approximate surface area is 107 Å². The minimum atomic E-state index is 0.773. The fraction of sp³-hybridized carbons (Fsp3) is 0.0714. The van der Waals surface area contributed by atoms with Crippen LogP contribution in [-0.2, 0) is 6.54 Å². The van der Waals surface area contributed by atoms with Crippen LogP contribution < -0.4 is 4.57 Å². The Balaban J connectivity index is 1.93. The monoisotopic (exact) mass is 249 g/mol. The largest absolute Gasteiger partial charge is 0.396 e. The van der Waals surface area contributed by atoms with Gasteiger partial charge in [-0.3, -0.25) is 4.98 Å². The van der Waals surface area contributed by atoms with Crippen molar-refractivity contribution in [3.8, 4) is 11.5 Å². The van der Waals surface area contributed by atoms with Gasteiger partial charge in [0, 0.05) is 30.2 Å². The molecule has 0 atom stereocenters. The minimum Gasteiger partial charge on any atom is -0.396 e. The molecule has 0 N–H and O–H groups in total. The number of oxazole rings is 1. The van der Waals surface area contributed by atoms with Crippen molar-refractivity contribution in [2.45, 2.75) is 6.54 Å². The SMILES string of the molecule is c1ccn2c(c1)nc1c2oc2[n+]1Cc1cnccc1-2. The zero-order valence-corrected chi connectivity index (χ0v) is 9.95. The fourth-order valence-corrected chi connectivity index (χ4v) is 2.75. The first-order valence-electron chi connectivity index (χ1n) is 6.14. The van der Waals surface area contributed by atoms with Crippen LogP contribution in [0.25, 0.3) is 28.5 Å². The predicted octanol–water partition coefficient (Wildman–Crippen LogP) is 1.79. The second-order valence-electron chi connectivity index (χ2n) is 4.70. The molecule has 4 aromatic heterocycles. The quantitative estimate of drug-likeness (QED) is 0.393. The molecule has 0 aliphatic carbocycles. The van der Waals surface area contributed by atoms with E-state index in [0.717, 1.165) is 35.0 Å². The molecule has 5 nitrogen and oxygen atoms in total. The van der Waals surface area contributed by atoms with Crippen LogP contribution in [0.3, 0.4) is 0 Å². The van der Waals surface area contributed by atoms with E-state index in [4.69, 9.17) is 4.42 Å². The molecule has 5 heterocycles. The zero-order valence-electron chi connectivity index (χ0n) is 9.95. The third kappa shape index (κ3) is 1.03. The maximum absolute atomic E-state index is 6.03. The molecule has 0 aromatic carbocycles. The average Bonchev–Trinajstić information content (AvgIpc) is 3.07. The summed E-state index contributed by atoms with van der Waals surface area (Å²) >= 11 is 0. The van der Waals surface area contributed by atoms with Crippen LogP contribution in [0.2, 0.25) is 0 Å². The summed E-state index contributed by atoms with van der Waals surface area (Å²) < 4.78 is 10.1. The van der Waals surface area contributed by atoms with Crippen LogP contribution in [0, 0.1) is 0 Å². The van der Waals surface area contributed by atoms with Crippen LogP contribution >= 0.6 is 0 Å². The molecule has 0 radical (unpaired) electrons. The molecule has 0 fully saturated rings. The lowest BCUT2D eigenvalue weighted by molar-refractivity contribution is -0.651. The van der Waals surface area contributed by atoms with Crippen molar-refractivity contribution in [3.05, 3.63) is 48.4 Å². The molecule has 0 spiro atoms. The molecule has 0 bridgehead atoms. The summed E-state index contributed by atoms with van der Waals surface area (Å²) in [6.45, 7) is 0.773. The average molecular weight is 249 g/mol. The molecule has 4 aromatic rings. The summed E-state index contributed by atoms with van der Waals surface area (Å²) in [4.78, 5) is 8.80. The smallest absolute Gasteiger partial charge is 0.390 e. The summed E-state index contributed by atoms with van der Waals surface area (Å²) in [7, 11) is 0. The lowest BCUT2D eigenvalue weighted by Crippen LogP contribution is -2.30. The standard InChI is InChI=1S/C14H9N4O/c1-2-6-17-11(3-1)16-12-14(17)19-13-10-4-5-15-7-9(10)8-18(12)13/h1-7H,8H2/q+1. The van der Waals surface area contributed by atoms with Gasteiger partial charge in [-0.05, 0) is 17.1 Å². The number of rotatable bonds is 0. The highest BCUT2D eigenvalue weighted by Crippen LogP contribution is 2.30. The molecule has 0 unspecified atom stereocenters. The fourth-order valence-electron chi connectivity index (χ4n) is 2.75. The molecule has 5 rings (SSSR count). The molecule has 1 aliphatic rings. The Morgan fingerprint density at radius 1 is 1.26 bits per heavy atom. The Hall–Kier alpha value is -2.69. The van der Waals surface area contributed by atoms with Crippen LogP contribution in [-0.4, -0.2) is 14.4 Å². The summed E-state index contributed by atoms with van der Waals surface area (Å²) in [6, 6.07) is 7.92. The van der Waals surface area contributed by atoms with E-state index in [2.05, 4.69) is 14.5 Å². The van der Waals surface area contributed by atoms with Crippen molar-refractivity contribution in [1.29, 1.82) is 0 Å². The number of nitrogens with zero attached hydrogens (tertiary/aromatic N) is 4. The van der Waals surface area contributed by atoms with Crippen molar-refractivity contribution in [1.82, 2.24) is 14.4 Å². The maximum atomic E-state index is 6.03. The van der Waals surface area contributed by atoms with Gasteiger partial charge in [-0.15, -0.1) is 0 Å². The second kappa shape index (κ2) is 3.00. The van der Waals surface area contributed by atoms with Gasteiger partial charge in [0.1, 0.15) is 6.54 Å². The lowest BCUT2D eigenvalue weighted by Gasteiger charge is -1.91. The van der Waals surface area contributed by atoms with Gasteiger partial charge in [0.05, 0.1) is 5.56 Å². The highest BCUT2D eigenvalue weighted by Gasteiger charge is 2.33. The molecule has 0 amide bonds. The van der Waals surface area contributed by atoms with Crippen LogP contribution in [0.4, 0.5) is 0 Å². The number of aromatic nitrogens is 4. The van der Waals surface area contributed by atoms with E-state index in [1.54, 1.807) is 6.20 Å². The normalized spacial score (nSPS) is 13.1. The number of pyridine rings is 2. The van der Waals surface area contributed by atoms with Crippen LogP contribution in [0.1, 0.15) is 5.56 Å². The first-order chi connectivity index (χ1) is 9.42. The molecule has 1 aliphatic heterocycles. The molecule has 19 heavy (non-hydrogen) atoms. The van der Waals surface area contributed by atoms with E-state index in [1.165, 1.54) is 5.56 Å². The van der Waals surface area contributed by atoms with Gasteiger partial charge in [0.15, 0.2) is 0 Å². The molecule has 90 valence electrons. The second-order valence-corrected chi connectivity index (χ2v) is 4.70. The zero-order chi connectivity index (χ0) is 12.4. The number of hydrogen-bond donors (Lipinski definition) is 0. The highest BCUT2D eigenvalue weighted by molar-refractivity contribution is 5.72. The third-order valence-electron chi connectivity index (χ3n) is 3.63. The molecule has 0 saturated carbocycles. The van der Waals surface area contributed by atoms with E-state index in [1.807, 2.05) is 41.1 Å². The van der Waals surface area contributed by atoms with Gasteiger partial charge >= 0.3 is 11.4 Å². The minimum absolute atomic E-state index is 0.773. The molecular formula is C14H9N4O+. The van der Waals surface area contributed by atoms with Crippen molar-refractivity contribution in [3.63, 3.8) is 0 Å². The number of imidazole rings is 1. The first-order valence-corrected chi connectivity index (χ1v) is 6.14. The molecule has 0 saturated heterocycles. The summed E-state index contributed by atoms with van der Waals surface area (Å²) in [5.74, 6) is 0.869. The Morgan fingerprint density at radius 2 is 2.26 bits per heavy atom.